The van der Waals surface area contributed by atoms with Crippen LogP contribution in [0.4, 0.5) is 4.79 Å². The maximum Gasteiger partial charge on any atom is 0.317 e. The Kier molecular flexibility index (Phi) is 4.92. The van der Waals surface area contributed by atoms with Crippen LogP contribution in [-0.4, -0.2) is 47.2 Å². The van der Waals surface area contributed by atoms with Crippen molar-refractivity contribution < 1.29 is 14.3 Å². The fourth-order valence-corrected chi connectivity index (χ4v) is 3.00. The number of nitrogens with one attached hydrogen (secondary N) is 1. The Hall–Kier alpha value is -2.35. The summed E-state index contributed by atoms with van der Waals surface area (Å²) in [7, 11) is 1.53. The molecule has 0 bridgehead atoms. The Morgan fingerprint density at radius 1 is 1.48 bits per heavy atom. The van der Waals surface area contributed by atoms with E-state index in [1.54, 1.807) is 22.4 Å². The van der Waals surface area contributed by atoms with Gasteiger partial charge in [0.05, 0.1) is 32.6 Å². The maximum absolute atomic E-state index is 12.2. The number of thiophene rings is 1. The summed E-state index contributed by atoms with van der Waals surface area (Å²) in [4.78, 5) is 23.2. The van der Waals surface area contributed by atoms with Gasteiger partial charge >= 0.3 is 6.03 Å². The van der Waals surface area contributed by atoms with Gasteiger partial charge in [-0.15, -0.1) is 11.3 Å². The monoisotopic (exact) mass is 334 g/mol. The molecule has 0 saturated carbocycles. The Bertz CT molecular complexity index is 650. The number of hydrogen-bond donors (Lipinski definition) is 1. The average Bonchev–Trinajstić information content (AvgIpc) is 3.24. The highest BCUT2D eigenvalue weighted by atomic mass is 32.1. The van der Waals surface area contributed by atoms with Crippen molar-refractivity contribution in [2.45, 2.75) is 19.1 Å². The van der Waals surface area contributed by atoms with Crippen molar-refractivity contribution in [2.75, 3.05) is 20.2 Å². The highest BCUT2D eigenvalue weighted by molar-refractivity contribution is 7.09. The van der Waals surface area contributed by atoms with Crippen LogP contribution < -0.4 is 14.8 Å². The number of methoxy groups -OCH3 is 1. The molecule has 1 saturated heterocycles. The van der Waals surface area contributed by atoms with Crippen LogP contribution in [0.15, 0.2) is 29.9 Å². The topological polar surface area (TPSA) is 76.6 Å². The van der Waals surface area contributed by atoms with Crippen LogP contribution >= 0.6 is 11.3 Å². The molecule has 23 heavy (non-hydrogen) atoms. The molecule has 1 aliphatic rings. The highest BCUT2D eigenvalue weighted by Gasteiger charge is 2.28. The molecule has 1 aliphatic heterocycles. The Morgan fingerprint density at radius 3 is 3.13 bits per heavy atom. The number of amides is 2. The molecular weight excluding hydrogens is 316 g/mol. The summed E-state index contributed by atoms with van der Waals surface area (Å²) in [6, 6.07) is 3.91. The lowest BCUT2D eigenvalue weighted by Crippen LogP contribution is -2.38. The summed E-state index contributed by atoms with van der Waals surface area (Å²) in [5.74, 6) is 0.821. The zero-order valence-corrected chi connectivity index (χ0v) is 13.6. The predicted molar refractivity (Wildman–Crippen MR) is 85.7 cm³/mol. The highest BCUT2D eigenvalue weighted by Crippen LogP contribution is 2.18. The van der Waals surface area contributed by atoms with E-state index in [1.165, 1.54) is 13.3 Å². The molecular formula is C15H18N4O3S. The minimum absolute atomic E-state index is 0.0683. The second-order valence-corrected chi connectivity index (χ2v) is 6.14. The minimum Gasteiger partial charge on any atom is -0.480 e. The van der Waals surface area contributed by atoms with Gasteiger partial charge in [-0.1, -0.05) is 6.07 Å². The first-order chi connectivity index (χ1) is 11.2. The fraction of sp³-hybridized carbons (Fsp3) is 0.400. The molecule has 122 valence electrons. The summed E-state index contributed by atoms with van der Waals surface area (Å²) in [6.07, 6.45) is 3.75. The summed E-state index contributed by atoms with van der Waals surface area (Å²) in [5.41, 5.74) is 0. The lowest BCUT2D eigenvalue weighted by atomic mass is 10.3. The number of likely N-dealkylation sites (tertiary alicyclic amines) is 1. The molecule has 0 aliphatic carbocycles. The van der Waals surface area contributed by atoms with Gasteiger partial charge in [-0.2, -0.15) is 4.98 Å². The van der Waals surface area contributed by atoms with Crippen LogP contribution in [0, 0.1) is 0 Å². The van der Waals surface area contributed by atoms with E-state index < -0.39 is 0 Å². The van der Waals surface area contributed by atoms with E-state index in [2.05, 4.69) is 15.3 Å². The van der Waals surface area contributed by atoms with Crippen molar-refractivity contribution in [3.63, 3.8) is 0 Å². The zero-order chi connectivity index (χ0) is 16.1. The molecule has 1 atom stereocenters. The largest absolute Gasteiger partial charge is 0.480 e. The number of urea groups is 1. The third kappa shape index (κ3) is 4.10. The second-order valence-electron chi connectivity index (χ2n) is 5.11. The smallest absolute Gasteiger partial charge is 0.317 e. The third-order valence-electron chi connectivity index (χ3n) is 3.51. The van der Waals surface area contributed by atoms with E-state index in [1.807, 2.05) is 17.5 Å². The van der Waals surface area contributed by atoms with Crippen molar-refractivity contribution in [1.29, 1.82) is 0 Å². The van der Waals surface area contributed by atoms with Crippen molar-refractivity contribution in [2.24, 2.45) is 0 Å². The van der Waals surface area contributed by atoms with E-state index in [-0.39, 0.29) is 12.1 Å². The maximum atomic E-state index is 12.2. The van der Waals surface area contributed by atoms with Gasteiger partial charge in [0.2, 0.25) is 11.8 Å². The second kappa shape index (κ2) is 7.28. The summed E-state index contributed by atoms with van der Waals surface area (Å²) in [5, 5.41) is 4.92. The normalized spacial score (nSPS) is 17.1. The van der Waals surface area contributed by atoms with Gasteiger partial charge in [-0.3, -0.25) is 4.98 Å². The molecule has 0 aromatic carbocycles. The number of rotatable bonds is 5. The Labute approximate surface area is 138 Å². The fourth-order valence-electron chi connectivity index (χ4n) is 2.35. The minimum atomic E-state index is -0.0797. The van der Waals surface area contributed by atoms with Crippen LogP contribution in [0.25, 0.3) is 0 Å². The van der Waals surface area contributed by atoms with E-state index in [0.29, 0.717) is 31.4 Å². The average molecular weight is 334 g/mol. The molecule has 2 aromatic heterocycles. The quantitative estimate of drug-likeness (QED) is 0.904. The van der Waals surface area contributed by atoms with Crippen LogP contribution in [0.1, 0.15) is 11.3 Å². The van der Waals surface area contributed by atoms with Gasteiger partial charge in [0, 0.05) is 17.8 Å². The first kappa shape index (κ1) is 15.5. The summed E-state index contributed by atoms with van der Waals surface area (Å²) >= 11 is 1.63. The Morgan fingerprint density at radius 2 is 2.35 bits per heavy atom. The van der Waals surface area contributed by atoms with Gasteiger partial charge in [0.1, 0.15) is 6.10 Å². The summed E-state index contributed by atoms with van der Waals surface area (Å²) in [6.45, 7) is 1.76. The van der Waals surface area contributed by atoms with Crippen molar-refractivity contribution >= 4 is 17.4 Å². The van der Waals surface area contributed by atoms with Gasteiger partial charge < -0.3 is 19.7 Å². The number of aromatic nitrogens is 2. The van der Waals surface area contributed by atoms with Crippen LogP contribution in [-0.2, 0) is 6.54 Å². The molecule has 0 radical (unpaired) electrons. The van der Waals surface area contributed by atoms with E-state index in [9.17, 15) is 4.79 Å². The SMILES string of the molecule is COc1cncc(OC2CCN(C(=O)NCc3cccs3)C2)n1. The lowest BCUT2D eigenvalue weighted by Gasteiger charge is -2.17. The predicted octanol–water partition coefficient (Wildman–Crippen LogP) is 1.91. The van der Waals surface area contributed by atoms with Gasteiger partial charge in [-0.25, -0.2) is 4.79 Å². The van der Waals surface area contributed by atoms with Crippen molar-refractivity contribution in [3.05, 3.63) is 34.8 Å². The molecule has 1 N–H and O–H groups in total. The van der Waals surface area contributed by atoms with Crippen LogP contribution in [0.2, 0.25) is 0 Å². The van der Waals surface area contributed by atoms with Gasteiger partial charge in [-0.05, 0) is 11.4 Å². The third-order valence-corrected chi connectivity index (χ3v) is 4.39. The number of ether oxygens (including phenoxy) is 2. The van der Waals surface area contributed by atoms with Crippen LogP contribution in [0.5, 0.6) is 11.8 Å². The molecule has 1 unspecified atom stereocenters. The molecule has 1 fully saturated rings. The van der Waals surface area contributed by atoms with E-state index in [0.717, 1.165) is 11.3 Å². The molecule has 2 amide bonds. The first-order valence-corrected chi connectivity index (χ1v) is 8.20. The zero-order valence-electron chi connectivity index (χ0n) is 12.8. The van der Waals surface area contributed by atoms with Crippen molar-refractivity contribution in [1.82, 2.24) is 20.2 Å². The molecule has 8 heteroatoms. The lowest BCUT2D eigenvalue weighted by molar-refractivity contribution is 0.181. The number of hydrogen-bond acceptors (Lipinski definition) is 6. The Balaban J connectivity index is 1.48. The molecule has 3 heterocycles. The number of nitrogens with zero attached hydrogens (tertiary/aromatic N) is 3. The molecule has 0 spiro atoms. The first-order valence-electron chi connectivity index (χ1n) is 7.32. The van der Waals surface area contributed by atoms with Crippen molar-refractivity contribution in [3.8, 4) is 11.8 Å². The van der Waals surface area contributed by atoms with Gasteiger partial charge in [0.15, 0.2) is 0 Å². The number of carbonyl (C=O) groups excluding carboxylic acids is 1. The van der Waals surface area contributed by atoms with Gasteiger partial charge in [0.25, 0.3) is 0 Å². The molecule has 2 aromatic rings. The molecule has 7 nitrogen and oxygen atoms in total. The number of carbonyl (C=O) groups is 1. The van der Waals surface area contributed by atoms with E-state index in [4.69, 9.17) is 9.47 Å². The standard InChI is InChI=1S/C15H18N4O3S/c1-21-13-8-16-9-14(18-13)22-11-4-5-19(10-11)15(20)17-7-12-3-2-6-23-12/h2-3,6,8-9,11H,4-5,7,10H2,1H3,(H,17,20). The summed E-state index contributed by atoms with van der Waals surface area (Å²) < 4.78 is 10.8. The molecule has 3 rings (SSSR count). The van der Waals surface area contributed by atoms with Crippen LogP contribution in [0.3, 0.4) is 0 Å². The van der Waals surface area contributed by atoms with E-state index >= 15 is 0 Å².